The van der Waals surface area contributed by atoms with Gasteiger partial charge in [0.1, 0.15) is 4.60 Å². The molecule has 0 saturated heterocycles. The van der Waals surface area contributed by atoms with Gasteiger partial charge in [-0.2, -0.15) is 4.39 Å². The predicted molar refractivity (Wildman–Crippen MR) is 48.5 cm³/mol. The first-order valence-electron chi connectivity index (χ1n) is 3.72. The van der Waals surface area contributed by atoms with Crippen LogP contribution in [0.2, 0.25) is 0 Å². The molecule has 1 heterocycles. The van der Waals surface area contributed by atoms with Gasteiger partial charge in [0, 0.05) is 0 Å². The summed E-state index contributed by atoms with van der Waals surface area (Å²) in [5.41, 5.74) is 1.15. The molecule has 4 heteroatoms. The number of aryl methyl sites for hydroxylation is 1. The summed E-state index contributed by atoms with van der Waals surface area (Å²) in [6, 6.07) is 0. The van der Waals surface area contributed by atoms with Gasteiger partial charge in [-0.05, 0) is 28.8 Å². The SMILES string of the molecule is Cc1nc(C(C)C)c(Br)nc1F. The zero-order valence-electron chi connectivity index (χ0n) is 7.23. The van der Waals surface area contributed by atoms with E-state index in [4.69, 9.17) is 0 Å². The van der Waals surface area contributed by atoms with Crippen molar-refractivity contribution >= 4 is 15.9 Å². The molecule has 1 aromatic rings. The molecule has 1 aromatic heterocycles. The Balaban J connectivity index is 3.23. The highest BCUT2D eigenvalue weighted by Gasteiger charge is 2.11. The summed E-state index contributed by atoms with van der Waals surface area (Å²) in [6.07, 6.45) is 0. The highest BCUT2D eigenvalue weighted by Crippen LogP contribution is 2.21. The second-order valence-electron chi connectivity index (χ2n) is 2.93. The van der Waals surface area contributed by atoms with E-state index in [-0.39, 0.29) is 5.92 Å². The summed E-state index contributed by atoms with van der Waals surface area (Å²) in [4.78, 5) is 7.77. The molecular formula is C8H10BrFN2. The molecule has 0 fully saturated rings. The van der Waals surface area contributed by atoms with E-state index in [1.54, 1.807) is 6.92 Å². The smallest absolute Gasteiger partial charge is 0.235 e. The number of rotatable bonds is 1. The minimum absolute atomic E-state index is 0.256. The molecule has 0 spiro atoms. The van der Waals surface area contributed by atoms with Crippen molar-refractivity contribution in [2.24, 2.45) is 0 Å². The molecule has 0 aliphatic heterocycles. The zero-order chi connectivity index (χ0) is 9.30. The standard InChI is InChI=1S/C8H10BrFN2/c1-4(2)6-7(9)12-8(10)5(3)11-6/h4H,1-3H3. The second kappa shape index (κ2) is 3.47. The lowest BCUT2D eigenvalue weighted by Gasteiger charge is -2.07. The van der Waals surface area contributed by atoms with Crippen LogP contribution in [0.1, 0.15) is 31.2 Å². The number of halogens is 2. The summed E-state index contributed by atoms with van der Waals surface area (Å²) >= 11 is 3.17. The molecule has 2 nitrogen and oxygen atoms in total. The molecule has 0 radical (unpaired) electrons. The van der Waals surface area contributed by atoms with Crippen LogP contribution in [0.15, 0.2) is 4.60 Å². The third-order valence-electron chi connectivity index (χ3n) is 1.54. The monoisotopic (exact) mass is 232 g/mol. The molecule has 0 saturated carbocycles. The number of nitrogens with zero attached hydrogens (tertiary/aromatic N) is 2. The van der Waals surface area contributed by atoms with Crippen LogP contribution in [0.4, 0.5) is 4.39 Å². The fourth-order valence-electron chi connectivity index (χ4n) is 0.865. The van der Waals surface area contributed by atoms with Crippen LogP contribution in [0, 0.1) is 12.9 Å². The lowest BCUT2D eigenvalue weighted by Crippen LogP contribution is -2.02. The average molecular weight is 233 g/mol. The predicted octanol–water partition coefficient (Wildman–Crippen LogP) is 2.81. The van der Waals surface area contributed by atoms with Crippen molar-refractivity contribution in [2.45, 2.75) is 26.7 Å². The first-order valence-corrected chi connectivity index (χ1v) is 4.51. The zero-order valence-corrected chi connectivity index (χ0v) is 8.81. The van der Waals surface area contributed by atoms with E-state index in [2.05, 4.69) is 25.9 Å². The Morgan fingerprint density at radius 3 is 2.42 bits per heavy atom. The van der Waals surface area contributed by atoms with E-state index in [1.165, 1.54) is 0 Å². The van der Waals surface area contributed by atoms with Crippen molar-refractivity contribution in [1.29, 1.82) is 0 Å². The van der Waals surface area contributed by atoms with Crippen LogP contribution in [0.3, 0.4) is 0 Å². The lowest BCUT2D eigenvalue weighted by molar-refractivity contribution is 0.554. The summed E-state index contributed by atoms with van der Waals surface area (Å²) in [5.74, 6) is -0.252. The molecule has 66 valence electrons. The van der Waals surface area contributed by atoms with Gasteiger partial charge in [0.15, 0.2) is 0 Å². The van der Waals surface area contributed by atoms with Gasteiger partial charge in [-0.3, -0.25) is 4.98 Å². The van der Waals surface area contributed by atoms with Gasteiger partial charge < -0.3 is 0 Å². The summed E-state index contributed by atoms with van der Waals surface area (Å²) in [6.45, 7) is 5.60. The Kier molecular flexibility index (Phi) is 2.77. The van der Waals surface area contributed by atoms with Crippen molar-refractivity contribution in [3.63, 3.8) is 0 Å². The normalized spacial score (nSPS) is 10.8. The van der Waals surface area contributed by atoms with E-state index >= 15 is 0 Å². The minimum Gasteiger partial charge on any atom is -0.250 e. The van der Waals surface area contributed by atoms with Gasteiger partial charge in [0.05, 0.1) is 11.4 Å². The van der Waals surface area contributed by atoms with Crippen molar-refractivity contribution in [3.05, 3.63) is 21.9 Å². The number of hydrogen-bond donors (Lipinski definition) is 0. The molecule has 0 amide bonds. The average Bonchev–Trinajstić information content (AvgIpc) is 1.96. The lowest BCUT2D eigenvalue weighted by atomic mass is 10.1. The summed E-state index contributed by atoms with van der Waals surface area (Å²) in [7, 11) is 0. The van der Waals surface area contributed by atoms with Gasteiger partial charge >= 0.3 is 0 Å². The molecule has 0 aliphatic rings. The highest BCUT2D eigenvalue weighted by atomic mass is 79.9. The number of aromatic nitrogens is 2. The van der Waals surface area contributed by atoms with E-state index in [1.807, 2.05) is 13.8 Å². The summed E-state index contributed by atoms with van der Waals surface area (Å²) < 4.78 is 13.3. The highest BCUT2D eigenvalue weighted by molar-refractivity contribution is 9.10. The topological polar surface area (TPSA) is 25.8 Å². The van der Waals surface area contributed by atoms with Crippen LogP contribution in [-0.2, 0) is 0 Å². The van der Waals surface area contributed by atoms with E-state index in [0.717, 1.165) is 5.69 Å². The third-order valence-corrected chi connectivity index (χ3v) is 2.12. The van der Waals surface area contributed by atoms with E-state index in [9.17, 15) is 4.39 Å². The molecule has 0 N–H and O–H groups in total. The van der Waals surface area contributed by atoms with Gasteiger partial charge in [-0.15, -0.1) is 0 Å². The molecule has 1 rings (SSSR count). The van der Waals surface area contributed by atoms with E-state index in [0.29, 0.717) is 10.3 Å². The molecule has 0 unspecified atom stereocenters. The summed E-state index contributed by atoms with van der Waals surface area (Å²) in [5, 5.41) is 0. The maximum atomic E-state index is 12.8. The molecule has 0 atom stereocenters. The fourth-order valence-corrected chi connectivity index (χ4v) is 1.57. The third kappa shape index (κ3) is 1.80. The first-order chi connectivity index (χ1) is 5.52. The molecular weight excluding hydrogens is 223 g/mol. The van der Waals surface area contributed by atoms with Crippen LogP contribution in [-0.4, -0.2) is 9.97 Å². The van der Waals surface area contributed by atoms with Crippen LogP contribution in [0.5, 0.6) is 0 Å². The number of hydrogen-bond acceptors (Lipinski definition) is 2. The maximum Gasteiger partial charge on any atom is 0.235 e. The molecule has 0 aliphatic carbocycles. The van der Waals surface area contributed by atoms with Gasteiger partial charge in [-0.25, -0.2) is 4.98 Å². The quantitative estimate of drug-likeness (QED) is 0.745. The Labute approximate surface area is 79.4 Å². The van der Waals surface area contributed by atoms with Crippen molar-refractivity contribution in [1.82, 2.24) is 9.97 Å². The van der Waals surface area contributed by atoms with Crippen molar-refractivity contribution in [3.8, 4) is 0 Å². The molecule has 12 heavy (non-hydrogen) atoms. The van der Waals surface area contributed by atoms with Crippen molar-refractivity contribution in [2.75, 3.05) is 0 Å². The Bertz CT molecular complexity index is 299. The van der Waals surface area contributed by atoms with E-state index < -0.39 is 5.95 Å². The maximum absolute atomic E-state index is 12.8. The first kappa shape index (κ1) is 9.58. The Morgan fingerprint density at radius 1 is 1.33 bits per heavy atom. The van der Waals surface area contributed by atoms with Crippen LogP contribution in [0.25, 0.3) is 0 Å². The Hall–Kier alpha value is -0.510. The van der Waals surface area contributed by atoms with Crippen LogP contribution < -0.4 is 0 Å². The van der Waals surface area contributed by atoms with Gasteiger partial charge in [-0.1, -0.05) is 13.8 Å². The van der Waals surface area contributed by atoms with Crippen molar-refractivity contribution < 1.29 is 4.39 Å². The van der Waals surface area contributed by atoms with Gasteiger partial charge in [0.25, 0.3) is 0 Å². The molecule has 0 bridgehead atoms. The second-order valence-corrected chi connectivity index (χ2v) is 3.68. The largest absolute Gasteiger partial charge is 0.250 e. The fraction of sp³-hybridized carbons (Fsp3) is 0.500. The minimum atomic E-state index is -0.508. The molecule has 0 aromatic carbocycles. The Morgan fingerprint density at radius 2 is 1.92 bits per heavy atom. The van der Waals surface area contributed by atoms with Gasteiger partial charge in [0.2, 0.25) is 5.95 Å². The van der Waals surface area contributed by atoms with Crippen LogP contribution >= 0.6 is 15.9 Å².